The predicted octanol–water partition coefficient (Wildman–Crippen LogP) is 1.23. The molecule has 0 saturated heterocycles. The van der Waals surface area contributed by atoms with Crippen LogP contribution in [0.1, 0.15) is 0 Å². The first-order chi connectivity index (χ1) is 8.31. The average Bonchev–Trinajstić information content (AvgIpc) is 2.37. The third-order valence-corrected chi connectivity index (χ3v) is 2.28. The largest absolute Gasteiger partial charge is 0.341 e. The van der Waals surface area contributed by atoms with Crippen LogP contribution in [0.5, 0.6) is 0 Å². The second kappa shape index (κ2) is 5.27. The molecule has 0 spiro atoms. The van der Waals surface area contributed by atoms with E-state index in [1.165, 1.54) is 6.34 Å². The maximum atomic E-state index is 7.55. The number of nitrogens with one attached hydrogen (secondary N) is 2. The summed E-state index contributed by atoms with van der Waals surface area (Å²) >= 11 is 0. The number of nitrogens with zero attached hydrogens (tertiary/aromatic N) is 3. The van der Waals surface area contributed by atoms with E-state index in [2.05, 4.69) is 21.9 Å². The Labute approximate surface area is 100 Å². The molecule has 0 bridgehead atoms. The summed E-state index contributed by atoms with van der Waals surface area (Å²) in [5.74, 6) is 0.523. The molecular weight excluding hydrogens is 214 g/mol. The van der Waals surface area contributed by atoms with Gasteiger partial charge < -0.3 is 10.2 Å². The lowest BCUT2D eigenvalue weighted by Crippen LogP contribution is -2.39. The van der Waals surface area contributed by atoms with Crippen molar-refractivity contribution in [3.05, 3.63) is 43.0 Å². The maximum absolute atomic E-state index is 7.55. The van der Waals surface area contributed by atoms with Gasteiger partial charge in [0.25, 0.3) is 0 Å². The lowest BCUT2D eigenvalue weighted by Gasteiger charge is -2.24. The zero-order chi connectivity index (χ0) is 12.1. The maximum Gasteiger partial charge on any atom is 0.230 e. The van der Waals surface area contributed by atoms with E-state index in [0.717, 1.165) is 5.69 Å². The van der Waals surface area contributed by atoms with Gasteiger partial charge in [0.05, 0.1) is 6.34 Å². The molecule has 1 heterocycles. The van der Waals surface area contributed by atoms with Gasteiger partial charge >= 0.3 is 0 Å². The number of anilines is 1. The first-order valence-corrected chi connectivity index (χ1v) is 5.32. The molecule has 1 radical (unpaired) electrons. The molecule has 2 rings (SSSR count). The van der Waals surface area contributed by atoms with Crippen LogP contribution in [0, 0.1) is 0 Å². The predicted molar refractivity (Wildman–Crippen MR) is 69.9 cm³/mol. The van der Waals surface area contributed by atoms with Crippen molar-refractivity contribution in [3.8, 4) is 0 Å². The van der Waals surface area contributed by atoms with Gasteiger partial charge in [0, 0.05) is 12.2 Å². The summed E-state index contributed by atoms with van der Waals surface area (Å²) in [4.78, 5) is 10.2. The van der Waals surface area contributed by atoms with E-state index in [9.17, 15) is 0 Å². The SMILES string of the molecule is C=CCN(C1=NC([NH])NC=N1)c1ccccc1. The molecule has 87 valence electrons. The van der Waals surface area contributed by atoms with Gasteiger partial charge in [-0.05, 0) is 12.1 Å². The van der Waals surface area contributed by atoms with Crippen LogP contribution in [0.2, 0.25) is 0 Å². The Morgan fingerprint density at radius 1 is 1.41 bits per heavy atom. The Balaban J connectivity index is 2.29. The van der Waals surface area contributed by atoms with E-state index >= 15 is 0 Å². The fourth-order valence-corrected chi connectivity index (χ4v) is 1.53. The van der Waals surface area contributed by atoms with Crippen molar-refractivity contribution in [2.45, 2.75) is 6.29 Å². The first kappa shape index (κ1) is 11.3. The molecular formula is C12H14N5. The number of benzene rings is 1. The smallest absolute Gasteiger partial charge is 0.230 e. The fourth-order valence-electron chi connectivity index (χ4n) is 1.53. The van der Waals surface area contributed by atoms with Crippen LogP contribution in [-0.4, -0.2) is 25.1 Å². The van der Waals surface area contributed by atoms with Gasteiger partial charge in [-0.2, -0.15) is 0 Å². The standard InChI is InChI=1S/C12H14N5/c1-2-8-17(10-6-4-3-5-7-10)12-15-9-14-11(13)16-12/h2-7,9,11,13H,1,8H2,(H,14,15,16). The van der Waals surface area contributed by atoms with Crippen molar-refractivity contribution < 1.29 is 0 Å². The molecule has 17 heavy (non-hydrogen) atoms. The third-order valence-electron chi connectivity index (χ3n) is 2.28. The third kappa shape index (κ3) is 2.70. The molecule has 5 nitrogen and oxygen atoms in total. The minimum Gasteiger partial charge on any atom is -0.341 e. The number of para-hydroxylation sites is 1. The van der Waals surface area contributed by atoms with Gasteiger partial charge in [-0.15, -0.1) is 6.58 Å². The Morgan fingerprint density at radius 2 is 2.18 bits per heavy atom. The van der Waals surface area contributed by atoms with Gasteiger partial charge in [-0.1, -0.05) is 24.3 Å². The molecule has 1 atom stereocenters. The number of rotatable bonds is 3. The molecule has 0 saturated carbocycles. The summed E-state index contributed by atoms with van der Waals surface area (Å²) in [6.07, 6.45) is 2.59. The summed E-state index contributed by atoms with van der Waals surface area (Å²) in [6, 6.07) is 9.81. The van der Waals surface area contributed by atoms with Gasteiger partial charge in [-0.25, -0.2) is 15.7 Å². The minimum atomic E-state index is -0.696. The quantitative estimate of drug-likeness (QED) is 0.791. The summed E-state index contributed by atoms with van der Waals surface area (Å²) < 4.78 is 0. The topological polar surface area (TPSA) is 63.8 Å². The molecule has 1 aromatic carbocycles. The molecule has 1 aromatic rings. The zero-order valence-corrected chi connectivity index (χ0v) is 9.37. The van der Waals surface area contributed by atoms with Crippen molar-refractivity contribution in [1.29, 1.82) is 0 Å². The van der Waals surface area contributed by atoms with Crippen LogP contribution >= 0.6 is 0 Å². The van der Waals surface area contributed by atoms with E-state index in [0.29, 0.717) is 12.5 Å². The highest BCUT2D eigenvalue weighted by Gasteiger charge is 2.15. The Bertz CT molecular complexity index is 437. The lowest BCUT2D eigenvalue weighted by atomic mass is 10.3. The molecule has 0 aliphatic carbocycles. The minimum absolute atomic E-state index is 0.523. The highest BCUT2D eigenvalue weighted by atomic mass is 15.4. The Morgan fingerprint density at radius 3 is 2.82 bits per heavy atom. The van der Waals surface area contributed by atoms with Crippen LogP contribution in [0.25, 0.3) is 0 Å². The van der Waals surface area contributed by atoms with E-state index in [-0.39, 0.29) is 0 Å². The summed E-state index contributed by atoms with van der Waals surface area (Å²) in [5.41, 5.74) is 8.53. The fraction of sp³-hybridized carbons (Fsp3) is 0.167. The van der Waals surface area contributed by atoms with E-state index in [1.807, 2.05) is 35.2 Å². The van der Waals surface area contributed by atoms with Gasteiger partial charge in [0.1, 0.15) is 0 Å². The highest BCUT2D eigenvalue weighted by molar-refractivity contribution is 6.01. The molecule has 0 amide bonds. The lowest BCUT2D eigenvalue weighted by molar-refractivity contribution is 0.643. The van der Waals surface area contributed by atoms with Crippen molar-refractivity contribution in [1.82, 2.24) is 11.1 Å². The molecule has 1 unspecified atom stereocenters. The number of hydrogen-bond donors (Lipinski definition) is 1. The second-order valence-electron chi connectivity index (χ2n) is 3.49. The van der Waals surface area contributed by atoms with Crippen molar-refractivity contribution in [2.24, 2.45) is 9.98 Å². The van der Waals surface area contributed by atoms with Crippen LogP contribution in [0.15, 0.2) is 53.0 Å². The normalized spacial score (nSPS) is 18.2. The van der Waals surface area contributed by atoms with E-state index in [4.69, 9.17) is 5.73 Å². The van der Waals surface area contributed by atoms with Crippen LogP contribution in [0.4, 0.5) is 5.69 Å². The van der Waals surface area contributed by atoms with E-state index in [1.54, 1.807) is 6.08 Å². The second-order valence-corrected chi connectivity index (χ2v) is 3.49. The van der Waals surface area contributed by atoms with Gasteiger partial charge in [0.15, 0.2) is 6.29 Å². The number of guanidine groups is 1. The zero-order valence-electron chi connectivity index (χ0n) is 9.37. The Kier molecular flexibility index (Phi) is 3.52. The summed E-state index contributed by atoms with van der Waals surface area (Å²) in [7, 11) is 0. The summed E-state index contributed by atoms with van der Waals surface area (Å²) in [6.45, 7) is 4.33. The average molecular weight is 228 g/mol. The first-order valence-electron chi connectivity index (χ1n) is 5.32. The Hall–Kier alpha value is -2.14. The van der Waals surface area contributed by atoms with Gasteiger partial charge in [0.2, 0.25) is 5.96 Å². The molecule has 5 heteroatoms. The summed E-state index contributed by atoms with van der Waals surface area (Å²) in [5, 5.41) is 2.70. The van der Waals surface area contributed by atoms with Crippen LogP contribution < -0.4 is 16.0 Å². The molecule has 2 N–H and O–H groups in total. The van der Waals surface area contributed by atoms with Crippen LogP contribution in [0.3, 0.4) is 0 Å². The molecule has 1 aliphatic rings. The number of aliphatic imine (C=N–C) groups is 2. The van der Waals surface area contributed by atoms with Crippen molar-refractivity contribution >= 4 is 18.0 Å². The molecule has 0 fully saturated rings. The highest BCUT2D eigenvalue weighted by Crippen LogP contribution is 2.15. The van der Waals surface area contributed by atoms with E-state index < -0.39 is 6.29 Å². The van der Waals surface area contributed by atoms with Crippen molar-refractivity contribution in [2.75, 3.05) is 11.4 Å². The van der Waals surface area contributed by atoms with Crippen molar-refractivity contribution in [3.63, 3.8) is 0 Å². The monoisotopic (exact) mass is 228 g/mol. The molecule has 1 aliphatic heterocycles. The van der Waals surface area contributed by atoms with Crippen LogP contribution in [-0.2, 0) is 0 Å². The van der Waals surface area contributed by atoms with Gasteiger partial charge in [-0.3, -0.25) is 0 Å². The number of hydrogen-bond acceptors (Lipinski definition) is 4. The molecule has 0 aromatic heterocycles.